The fraction of sp³-hybridized carbons (Fsp3) is 0.391. The summed E-state index contributed by atoms with van der Waals surface area (Å²) in [6.45, 7) is 0.317. The van der Waals surface area contributed by atoms with E-state index in [4.69, 9.17) is 10.5 Å². The number of ether oxygens (including phenoxy) is 1. The Morgan fingerprint density at radius 3 is 2.81 bits per heavy atom. The first-order valence-corrected chi connectivity index (χ1v) is 11.7. The van der Waals surface area contributed by atoms with Gasteiger partial charge in [0.2, 0.25) is 11.8 Å². The number of aliphatic hydroxyl groups is 2. The number of imidazole rings is 1. The summed E-state index contributed by atoms with van der Waals surface area (Å²) in [5.41, 5.74) is 8.34. The molecule has 0 bridgehead atoms. The Hall–Kier alpha value is -4.14. The second-order valence-electron chi connectivity index (χ2n) is 8.85. The molecule has 7 N–H and O–H groups in total. The zero-order valence-corrected chi connectivity index (χ0v) is 19.6. The average Bonchev–Trinajstić information content (AvgIpc) is 3.56. The molecule has 14 nitrogen and oxygen atoms in total. The molecule has 0 radical (unpaired) electrons. The standard InChI is InChI=1S/C23H26N8O6/c24-20-17-21(28-9-27-20)31(10-29-17)23-19(35)18(34)14(37-23)8-25-15(32)5-2-6-16(33)30-13-4-1-3-11-12(13)7-26-22(11)36/h1,3-4,9-10,14,18-19,23,34-35H,2,5-8H2,(H,25,32)(H,26,36)(H,30,33)(H2,24,27,28). The normalized spacial score (nSPS) is 22.6. The van der Waals surface area contributed by atoms with Gasteiger partial charge in [-0.15, -0.1) is 0 Å². The largest absolute Gasteiger partial charge is 0.387 e. The fourth-order valence-corrected chi connectivity index (χ4v) is 4.48. The number of carbonyl (C=O) groups is 3. The van der Waals surface area contributed by atoms with Crippen molar-refractivity contribution in [3.8, 4) is 0 Å². The quantitative estimate of drug-likeness (QED) is 0.222. The van der Waals surface area contributed by atoms with Crippen molar-refractivity contribution in [2.75, 3.05) is 17.6 Å². The second-order valence-corrected chi connectivity index (χ2v) is 8.85. The molecule has 4 heterocycles. The van der Waals surface area contributed by atoms with Crippen molar-refractivity contribution in [1.82, 2.24) is 30.2 Å². The van der Waals surface area contributed by atoms with E-state index < -0.39 is 24.5 Å². The number of nitrogens with two attached hydrogens (primary N) is 1. The minimum Gasteiger partial charge on any atom is -0.387 e. The number of nitrogens with zero attached hydrogens (tertiary/aromatic N) is 4. The predicted octanol–water partition coefficient (Wildman–Crippen LogP) is -0.804. The van der Waals surface area contributed by atoms with Crippen LogP contribution >= 0.6 is 0 Å². The molecule has 5 rings (SSSR count). The fourth-order valence-electron chi connectivity index (χ4n) is 4.48. The molecule has 194 valence electrons. The van der Waals surface area contributed by atoms with Crippen LogP contribution < -0.4 is 21.7 Å². The van der Waals surface area contributed by atoms with Crippen molar-refractivity contribution in [1.29, 1.82) is 0 Å². The molecule has 4 atom stereocenters. The number of nitrogen functional groups attached to an aromatic ring is 1. The molecule has 2 aromatic heterocycles. The number of carbonyl (C=O) groups excluding carboxylic acids is 3. The summed E-state index contributed by atoms with van der Waals surface area (Å²) in [7, 11) is 0. The lowest BCUT2D eigenvalue weighted by molar-refractivity contribution is -0.122. The molecule has 0 saturated carbocycles. The van der Waals surface area contributed by atoms with Crippen LogP contribution in [0.2, 0.25) is 0 Å². The SMILES string of the molecule is Nc1ncnc2c1ncn2C1OC(CNC(=O)CCCC(=O)Nc2cccc3c2CNC3=O)C(O)C1O. The third-order valence-electron chi connectivity index (χ3n) is 6.43. The Morgan fingerprint density at radius 1 is 1.16 bits per heavy atom. The van der Waals surface area contributed by atoms with Crippen molar-refractivity contribution in [2.45, 2.75) is 50.3 Å². The average molecular weight is 511 g/mol. The molecular formula is C23H26N8O6. The second kappa shape index (κ2) is 10.1. The van der Waals surface area contributed by atoms with E-state index in [1.165, 1.54) is 17.2 Å². The summed E-state index contributed by atoms with van der Waals surface area (Å²) in [4.78, 5) is 48.5. The van der Waals surface area contributed by atoms with Crippen molar-refractivity contribution < 1.29 is 29.3 Å². The van der Waals surface area contributed by atoms with Crippen molar-refractivity contribution in [2.24, 2.45) is 0 Å². The zero-order valence-electron chi connectivity index (χ0n) is 19.6. The highest BCUT2D eigenvalue weighted by Gasteiger charge is 2.44. The summed E-state index contributed by atoms with van der Waals surface area (Å²) in [5.74, 6) is -0.590. The number of aromatic nitrogens is 4. The number of fused-ring (bicyclic) bond motifs is 2. The maximum atomic E-state index is 12.3. The van der Waals surface area contributed by atoms with E-state index in [0.29, 0.717) is 35.4 Å². The molecule has 3 aromatic rings. The highest BCUT2D eigenvalue weighted by Crippen LogP contribution is 2.31. The highest BCUT2D eigenvalue weighted by molar-refractivity contribution is 6.02. The monoisotopic (exact) mass is 510 g/mol. The van der Waals surface area contributed by atoms with Crippen LogP contribution in [0, 0.1) is 0 Å². The maximum Gasteiger partial charge on any atom is 0.251 e. The topological polar surface area (TPSA) is 207 Å². The summed E-state index contributed by atoms with van der Waals surface area (Å²) in [6.07, 6.45) is -1.27. The van der Waals surface area contributed by atoms with Gasteiger partial charge < -0.3 is 36.6 Å². The smallest absolute Gasteiger partial charge is 0.251 e. The van der Waals surface area contributed by atoms with Crippen LogP contribution in [0.15, 0.2) is 30.9 Å². The lowest BCUT2D eigenvalue weighted by Gasteiger charge is -2.16. The first-order valence-electron chi connectivity index (χ1n) is 11.7. The van der Waals surface area contributed by atoms with E-state index in [1.54, 1.807) is 18.2 Å². The third-order valence-corrected chi connectivity index (χ3v) is 6.43. The summed E-state index contributed by atoms with van der Waals surface area (Å²) < 4.78 is 7.25. The Kier molecular flexibility index (Phi) is 6.69. The molecule has 2 aliphatic rings. The summed E-state index contributed by atoms with van der Waals surface area (Å²) in [6, 6.07) is 5.13. The molecule has 0 aliphatic carbocycles. The first-order chi connectivity index (χ1) is 17.8. The van der Waals surface area contributed by atoms with Crippen LogP contribution in [0.25, 0.3) is 11.2 Å². The maximum absolute atomic E-state index is 12.3. The van der Waals surface area contributed by atoms with Crippen LogP contribution in [0.3, 0.4) is 0 Å². The first kappa shape index (κ1) is 24.5. The molecular weight excluding hydrogens is 484 g/mol. The summed E-state index contributed by atoms with van der Waals surface area (Å²) in [5, 5.41) is 29.1. The Bertz CT molecular complexity index is 1360. The number of amides is 3. The molecule has 4 unspecified atom stereocenters. The van der Waals surface area contributed by atoms with Gasteiger partial charge in [-0.05, 0) is 18.6 Å². The van der Waals surface area contributed by atoms with E-state index in [9.17, 15) is 24.6 Å². The van der Waals surface area contributed by atoms with Crippen LogP contribution in [-0.4, -0.2) is 72.3 Å². The van der Waals surface area contributed by atoms with Gasteiger partial charge in [0, 0.05) is 42.7 Å². The van der Waals surface area contributed by atoms with Crippen molar-refractivity contribution >= 4 is 40.4 Å². The Balaban J connectivity index is 1.09. The van der Waals surface area contributed by atoms with Gasteiger partial charge in [-0.3, -0.25) is 19.0 Å². The third kappa shape index (κ3) is 4.81. The van der Waals surface area contributed by atoms with Crippen LogP contribution in [0.5, 0.6) is 0 Å². The van der Waals surface area contributed by atoms with E-state index in [0.717, 1.165) is 5.56 Å². The van der Waals surface area contributed by atoms with Gasteiger partial charge in [-0.25, -0.2) is 15.0 Å². The van der Waals surface area contributed by atoms with Gasteiger partial charge in [0.15, 0.2) is 17.7 Å². The number of hydrogen-bond donors (Lipinski definition) is 6. The van der Waals surface area contributed by atoms with Crippen LogP contribution in [0.1, 0.15) is 41.4 Å². The number of benzene rings is 1. The van der Waals surface area contributed by atoms with Crippen molar-refractivity contribution in [3.63, 3.8) is 0 Å². The van der Waals surface area contributed by atoms with E-state index in [2.05, 4.69) is 30.9 Å². The highest BCUT2D eigenvalue weighted by atomic mass is 16.6. The lowest BCUT2D eigenvalue weighted by Crippen LogP contribution is -2.39. The molecule has 1 aromatic carbocycles. The zero-order chi connectivity index (χ0) is 26.1. The predicted molar refractivity (Wildman–Crippen MR) is 129 cm³/mol. The van der Waals surface area contributed by atoms with Gasteiger partial charge in [0.1, 0.15) is 30.2 Å². The number of nitrogens with one attached hydrogen (secondary N) is 3. The molecule has 0 spiro atoms. The molecule has 1 saturated heterocycles. The minimum atomic E-state index is -1.29. The number of anilines is 2. The van der Waals surface area contributed by atoms with Crippen molar-refractivity contribution in [3.05, 3.63) is 42.0 Å². The van der Waals surface area contributed by atoms with Gasteiger partial charge in [-0.2, -0.15) is 0 Å². The molecule has 1 fully saturated rings. The van der Waals surface area contributed by atoms with E-state index >= 15 is 0 Å². The van der Waals surface area contributed by atoms with Crippen LogP contribution in [0.4, 0.5) is 11.5 Å². The van der Waals surface area contributed by atoms with Gasteiger partial charge in [0.25, 0.3) is 5.91 Å². The Labute approximate surface area is 210 Å². The number of aliphatic hydroxyl groups excluding tert-OH is 2. The lowest BCUT2D eigenvalue weighted by atomic mass is 10.1. The van der Waals surface area contributed by atoms with E-state index in [-0.39, 0.29) is 42.9 Å². The molecule has 3 amide bonds. The number of hydrogen-bond acceptors (Lipinski definition) is 10. The molecule has 37 heavy (non-hydrogen) atoms. The molecule has 2 aliphatic heterocycles. The minimum absolute atomic E-state index is 0.0410. The molecule has 14 heteroatoms. The summed E-state index contributed by atoms with van der Waals surface area (Å²) >= 11 is 0. The van der Waals surface area contributed by atoms with E-state index in [1.807, 2.05) is 0 Å². The number of rotatable bonds is 8. The van der Waals surface area contributed by atoms with Gasteiger partial charge >= 0.3 is 0 Å². The van der Waals surface area contributed by atoms with Crippen LogP contribution in [-0.2, 0) is 20.9 Å². The Morgan fingerprint density at radius 2 is 1.97 bits per heavy atom. The van der Waals surface area contributed by atoms with Gasteiger partial charge in [0.05, 0.1) is 6.33 Å². The van der Waals surface area contributed by atoms with Gasteiger partial charge in [-0.1, -0.05) is 6.07 Å².